The summed E-state index contributed by atoms with van der Waals surface area (Å²) >= 11 is 0. The number of carbonyl (C=O) groups excluding carboxylic acids is 1. The van der Waals surface area contributed by atoms with Crippen LogP contribution in [0.25, 0.3) is 10.9 Å². The fraction of sp³-hybridized carbons (Fsp3) is 0.615. The number of carbonyl (C=O) groups is 1. The molecule has 2 aliphatic carbocycles. The quantitative estimate of drug-likeness (QED) is 0.429. The number of hydrogen-bond donors (Lipinski definition) is 1. The van der Waals surface area contributed by atoms with Gasteiger partial charge in [-0.25, -0.2) is 4.98 Å². The average molecular weight is 454 g/mol. The molecular weight excluding hydrogens is 418 g/mol. The molecule has 2 heterocycles. The van der Waals surface area contributed by atoms with Crippen LogP contribution in [0.3, 0.4) is 0 Å². The fourth-order valence-corrected chi connectivity index (χ4v) is 5.47. The Kier molecular flexibility index (Phi) is 6.85. The minimum atomic E-state index is 0.0288. The second-order valence-electron chi connectivity index (χ2n) is 9.56. The van der Waals surface area contributed by atoms with Gasteiger partial charge in [0.05, 0.1) is 19.2 Å². The van der Waals surface area contributed by atoms with E-state index >= 15 is 0 Å². The highest BCUT2D eigenvalue weighted by molar-refractivity contribution is 5.89. The number of nitrogens with one attached hydrogen (secondary N) is 1. The molecule has 1 aromatic carbocycles. The number of aryl methyl sites for hydroxylation is 1. The molecule has 5 rings (SSSR count). The number of aromatic nitrogens is 1. The molecule has 0 spiro atoms. The van der Waals surface area contributed by atoms with E-state index in [1.54, 1.807) is 7.11 Å². The van der Waals surface area contributed by atoms with Gasteiger partial charge in [-0.2, -0.15) is 0 Å². The van der Waals surface area contributed by atoms with Gasteiger partial charge < -0.3 is 24.4 Å². The summed E-state index contributed by atoms with van der Waals surface area (Å²) in [6, 6.07) is 4.46. The molecule has 0 unspecified atom stereocenters. The second-order valence-corrected chi connectivity index (χ2v) is 9.56. The highest BCUT2D eigenvalue weighted by Gasteiger charge is 2.32. The summed E-state index contributed by atoms with van der Waals surface area (Å²) < 4.78 is 17.0. The zero-order valence-electron chi connectivity index (χ0n) is 19.6. The van der Waals surface area contributed by atoms with Gasteiger partial charge in [0.2, 0.25) is 0 Å². The predicted molar refractivity (Wildman–Crippen MR) is 128 cm³/mol. The van der Waals surface area contributed by atoms with Gasteiger partial charge in [0, 0.05) is 36.9 Å². The van der Waals surface area contributed by atoms with Crippen molar-refractivity contribution in [2.75, 3.05) is 38.7 Å². The lowest BCUT2D eigenvalue weighted by atomic mass is 9.87. The lowest BCUT2D eigenvalue weighted by Gasteiger charge is -2.35. The third kappa shape index (κ3) is 4.88. The largest absolute Gasteiger partial charge is 0.493 e. The number of methoxy groups -OCH3 is 1. The summed E-state index contributed by atoms with van der Waals surface area (Å²) in [5.41, 5.74) is 3.66. The Bertz CT molecular complexity index is 983. The Balaban J connectivity index is 1.36. The molecule has 0 bridgehead atoms. The van der Waals surface area contributed by atoms with Gasteiger partial charge in [0.25, 0.3) is 6.47 Å². The summed E-state index contributed by atoms with van der Waals surface area (Å²) in [7, 11) is 1.71. The van der Waals surface area contributed by atoms with E-state index in [0.29, 0.717) is 19.1 Å². The fourth-order valence-electron chi connectivity index (χ4n) is 5.47. The molecule has 0 atom stereocenters. The zero-order chi connectivity index (χ0) is 22.6. The first-order valence-electron chi connectivity index (χ1n) is 12.5. The molecule has 7 nitrogen and oxygen atoms in total. The van der Waals surface area contributed by atoms with Crippen LogP contribution in [0, 0.1) is 0 Å². The maximum absolute atomic E-state index is 10.6. The minimum Gasteiger partial charge on any atom is -0.493 e. The van der Waals surface area contributed by atoms with Crippen LogP contribution < -0.4 is 14.8 Å². The maximum Gasteiger partial charge on any atom is 0.293 e. The first kappa shape index (κ1) is 22.3. The van der Waals surface area contributed by atoms with Crippen LogP contribution in [0.4, 0.5) is 5.82 Å². The van der Waals surface area contributed by atoms with Crippen molar-refractivity contribution in [1.29, 1.82) is 0 Å². The predicted octanol–water partition coefficient (Wildman–Crippen LogP) is 4.10. The van der Waals surface area contributed by atoms with Crippen molar-refractivity contribution in [2.24, 2.45) is 0 Å². The molecule has 1 aromatic heterocycles. The van der Waals surface area contributed by atoms with Crippen LogP contribution >= 0.6 is 0 Å². The molecule has 0 amide bonds. The molecule has 3 aliphatic rings. The third-order valence-corrected chi connectivity index (χ3v) is 7.35. The Morgan fingerprint density at radius 3 is 2.64 bits per heavy atom. The van der Waals surface area contributed by atoms with E-state index in [4.69, 9.17) is 19.2 Å². The number of pyridine rings is 1. The maximum atomic E-state index is 10.6. The number of likely N-dealkylation sites (tertiary alicyclic amines) is 1. The monoisotopic (exact) mass is 453 g/mol. The molecule has 1 saturated heterocycles. The van der Waals surface area contributed by atoms with E-state index in [9.17, 15) is 4.79 Å². The van der Waals surface area contributed by atoms with E-state index in [-0.39, 0.29) is 6.10 Å². The number of nitrogens with zero attached hydrogens (tertiary/aromatic N) is 2. The van der Waals surface area contributed by atoms with Gasteiger partial charge in [-0.15, -0.1) is 0 Å². The van der Waals surface area contributed by atoms with Crippen LogP contribution in [-0.4, -0.2) is 61.9 Å². The van der Waals surface area contributed by atoms with Gasteiger partial charge in [0.15, 0.2) is 11.5 Å². The third-order valence-electron chi connectivity index (χ3n) is 7.35. The summed E-state index contributed by atoms with van der Waals surface area (Å²) in [6.07, 6.45) is 9.82. The highest BCUT2D eigenvalue weighted by atomic mass is 16.5. The highest BCUT2D eigenvalue weighted by Crippen LogP contribution is 2.39. The Morgan fingerprint density at radius 2 is 1.88 bits per heavy atom. The first-order chi connectivity index (χ1) is 16.2. The smallest absolute Gasteiger partial charge is 0.293 e. The van der Waals surface area contributed by atoms with Crippen molar-refractivity contribution in [3.63, 3.8) is 0 Å². The number of ether oxygens (including phenoxy) is 3. The SMILES string of the molecule is COc1cc2c3c(c(NC4CC(OC=O)C4)nc2cc1OCCCN1CCCC1)CCCC3. The number of anilines is 1. The Labute approximate surface area is 195 Å². The van der Waals surface area contributed by atoms with Gasteiger partial charge >= 0.3 is 0 Å². The van der Waals surface area contributed by atoms with Crippen LogP contribution in [0.15, 0.2) is 12.1 Å². The Hall–Kier alpha value is -2.54. The lowest BCUT2D eigenvalue weighted by Crippen LogP contribution is -2.41. The van der Waals surface area contributed by atoms with Gasteiger partial charge in [-0.3, -0.25) is 4.79 Å². The summed E-state index contributed by atoms with van der Waals surface area (Å²) in [5, 5.41) is 4.81. The number of hydrogen-bond acceptors (Lipinski definition) is 7. The topological polar surface area (TPSA) is 72.9 Å². The summed E-state index contributed by atoms with van der Waals surface area (Å²) in [6.45, 7) is 4.75. The molecule has 1 aliphatic heterocycles. The molecule has 1 saturated carbocycles. The van der Waals surface area contributed by atoms with Crippen molar-refractivity contribution in [2.45, 2.75) is 69.9 Å². The van der Waals surface area contributed by atoms with Crippen molar-refractivity contribution in [3.8, 4) is 11.5 Å². The molecule has 7 heteroatoms. The van der Waals surface area contributed by atoms with E-state index in [1.807, 2.05) is 6.07 Å². The van der Waals surface area contributed by atoms with Crippen molar-refractivity contribution in [1.82, 2.24) is 9.88 Å². The normalized spacial score (nSPS) is 22.5. The second kappa shape index (κ2) is 10.2. The molecule has 0 radical (unpaired) electrons. The first-order valence-corrected chi connectivity index (χ1v) is 12.5. The van der Waals surface area contributed by atoms with Gasteiger partial charge in [-0.05, 0) is 75.2 Å². The van der Waals surface area contributed by atoms with Crippen LogP contribution in [-0.2, 0) is 22.4 Å². The van der Waals surface area contributed by atoms with Gasteiger partial charge in [0.1, 0.15) is 11.9 Å². The molecular formula is C26H35N3O4. The lowest BCUT2D eigenvalue weighted by molar-refractivity contribution is -0.137. The zero-order valence-corrected chi connectivity index (χ0v) is 19.6. The van der Waals surface area contributed by atoms with Crippen molar-refractivity contribution < 1.29 is 19.0 Å². The van der Waals surface area contributed by atoms with Crippen LogP contribution in [0.2, 0.25) is 0 Å². The van der Waals surface area contributed by atoms with Crippen molar-refractivity contribution in [3.05, 3.63) is 23.3 Å². The van der Waals surface area contributed by atoms with E-state index in [1.165, 1.54) is 55.3 Å². The molecule has 2 fully saturated rings. The molecule has 1 N–H and O–H groups in total. The minimum absolute atomic E-state index is 0.0288. The van der Waals surface area contributed by atoms with Crippen LogP contribution in [0.5, 0.6) is 11.5 Å². The van der Waals surface area contributed by atoms with Gasteiger partial charge in [-0.1, -0.05) is 0 Å². The van der Waals surface area contributed by atoms with E-state index < -0.39 is 0 Å². The van der Waals surface area contributed by atoms with E-state index in [0.717, 1.165) is 61.5 Å². The average Bonchev–Trinajstić information content (AvgIpc) is 3.33. The standard InChI is InChI=1S/C26H35N3O4/c1-31-24-15-22-20-7-2-3-8-21(20)26(27-18-13-19(14-18)33-17-30)28-23(22)16-25(24)32-12-6-11-29-9-4-5-10-29/h15-19H,2-14H2,1H3,(H,27,28). The van der Waals surface area contributed by atoms with E-state index in [2.05, 4.69) is 16.3 Å². The molecule has 178 valence electrons. The van der Waals surface area contributed by atoms with Crippen LogP contribution in [0.1, 0.15) is 56.1 Å². The summed E-state index contributed by atoms with van der Waals surface area (Å²) in [4.78, 5) is 18.1. The number of benzene rings is 1. The molecule has 33 heavy (non-hydrogen) atoms. The summed E-state index contributed by atoms with van der Waals surface area (Å²) in [5.74, 6) is 2.53. The number of fused-ring (bicyclic) bond motifs is 3. The molecule has 2 aromatic rings. The Morgan fingerprint density at radius 1 is 1.09 bits per heavy atom. The van der Waals surface area contributed by atoms with Crippen molar-refractivity contribution >= 4 is 23.2 Å². The number of rotatable bonds is 10.